The highest BCUT2D eigenvalue weighted by Crippen LogP contribution is 2.34. The molecule has 0 bridgehead atoms. The van der Waals surface area contributed by atoms with Crippen molar-refractivity contribution in [2.45, 2.75) is 32.7 Å². The van der Waals surface area contributed by atoms with E-state index >= 15 is 0 Å². The summed E-state index contributed by atoms with van der Waals surface area (Å²) in [6, 6.07) is 9.14. The summed E-state index contributed by atoms with van der Waals surface area (Å²) in [7, 11) is 0. The Morgan fingerprint density at radius 3 is 2.64 bits per heavy atom. The average molecular weight is 503 g/mol. The molecule has 1 atom stereocenters. The van der Waals surface area contributed by atoms with E-state index in [1.807, 2.05) is 19.1 Å². The van der Waals surface area contributed by atoms with E-state index < -0.39 is 17.8 Å². The van der Waals surface area contributed by atoms with E-state index in [1.165, 1.54) is 6.07 Å². The van der Waals surface area contributed by atoms with E-state index in [0.717, 1.165) is 34.6 Å². The Bertz CT molecular complexity index is 1180. The molecule has 1 aliphatic heterocycles. The first kappa shape index (κ1) is 25.7. The fourth-order valence-electron chi connectivity index (χ4n) is 3.91. The lowest BCUT2D eigenvalue weighted by Gasteiger charge is -2.30. The summed E-state index contributed by atoms with van der Waals surface area (Å²) in [5.41, 5.74) is 3.77. The normalized spacial score (nSPS) is 15.0. The molecular formula is C26H29F3N4O3. The number of halogens is 3. The molecule has 0 amide bonds. The van der Waals surface area contributed by atoms with Crippen LogP contribution in [0.25, 0.3) is 11.1 Å². The van der Waals surface area contributed by atoms with Crippen molar-refractivity contribution in [1.82, 2.24) is 9.97 Å². The van der Waals surface area contributed by atoms with Gasteiger partial charge in [0.1, 0.15) is 12.3 Å². The number of aliphatic hydroxyl groups is 1. The summed E-state index contributed by atoms with van der Waals surface area (Å²) in [6.07, 6.45) is -1.66. The van der Waals surface area contributed by atoms with E-state index in [0.29, 0.717) is 43.4 Å². The predicted molar refractivity (Wildman–Crippen MR) is 131 cm³/mol. The second-order valence-corrected chi connectivity index (χ2v) is 8.72. The molecule has 0 saturated carbocycles. The van der Waals surface area contributed by atoms with Gasteiger partial charge in [0, 0.05) is 42.7 Å². The van der Waals surface area contributed by atoms with Gasteiger partial charge < -0.3 is 24.8 Å². The zero-order chi connectivity index (χ0) is 25.7. The number of aromatic nitrogens is 2. The number of alkyl halides is 3. The molecule has 0 radical (unpaired) electrons. The monoisotopic (exact) mass is 502 g/mol. The van der Waals surface area contributed by atoms with Crippen molar-refractivity contribution in [3.8, 4) is 17.0 Å². The summed E-state index contributed by atoms with van der Waals surface area (Å²) in [5, 5.41) is 12.8. The first-order chi connectivity index (χ1) is 17.2. The van der Waals surface area contributed by atoms with Gasteiger partial charge in [-0.15, -0.1) is 0 Å². The maximum atomic E-state index is 13.0. The smallest absolute Gasteiger partial charge is 0.416 e. The highest BCUT2D eigenvalue weighted by molar-refractivity contribution is 5.74. The van der Waals surface area contributed by atoms with Crippen molar-refractivity contribution >= 4 is 11.4 Å². The number of ether oxygens (including phenoxy) is 2. The Labute approximate surface area is 207 Å². The molecule has 10 heteroatoms. The number of aryl methyl sites for hydroxylation is 1. The van der Waals surface area contributed by atoms with Gasteiger partial charge in [-0.25, -0.2) is 4.98 Å². The number of aliphatic hydroxyl groups excluding tert-OH is 1. The van der Waals surface area contributed by atoms with Crippen LogP contribution in [-0.4, -0.2) is 54.1 Å². The minimum atomic E-state index is -4.38. The van der Waals surface area contributed by atoms with Crippen molar-refractivity contribution in [1.29, 1.82) is 0 Å². The summed E-state index contributed by atoms with van der Waals surface area (Å²) >= 11 is 0. The second-order valence-electron chi connectivity index (χ2n) is 8.72. The number of anilines is 2. The number of nitrogens with zero attached hydrogens (tertiary/aromatic N) is 3. The fourth-order valence-corrected chi connectivity index (χ4v) is 3.91. The van der Waals surface area contributed by atoms with Crippen molar-refractivity contribution in [3.05, 3.63) is 65.6 Å². The molecule has 192 valence electrons. The Balaban J connectivity index is 1.58. The van der Waals surface area contributed by atoms with Crippen molar-refractivity contribution < 1.29 is 27.8 Å². The molecule has 1 unspecified atom stereocenters. The van der Waals surface area contributed by atoms with E-state index in [4.69, 9.17) is 9.47 Å². The van der Waals surface area contributed by atoms with Gasteiger partial charge >= 0.3 is 6.18 Å². The molecule has 3 aromatic rings. The Kier molecular flexibility index (Phi) is 7.95. The van der Waals surface area contributed by atoms with Gasteiger partial charge in [-0.3, -0.25) is 4.98 Å². The molecule has 1 aromatic carbocycles. The largest absolute Gasteiger partial charge is 0.473 e. The maximum Gasteiger partial charge on any atom is 0.416 e. The van der Waals surface area contributed by atoms with Crippen molar-refractivity contribution in [3.63, 3.8) is 0 Å². The van der Waals surface area contributed by atoms with Crippen LogP contribution in [0.5, 0.6) is 5.88 Å². The number of morpholine rings is 1. The van der Waals surface area contributed by atoms with E-state index in [9.17, 15) is 18.3 Å². The van der Waals surface area contributed by atoms with E-state index in [2.05, 4.69) is 20.2 Å². The average Bonchev–Trinajstić information content (AvgIpc) is 2.87. The lowest BCUT2D eigenvalue weighted by Crippen LogP contribution is -2.36. The first-order valence-corrected chi connectivity index (χ1v) is 11.7. The molecule has 1 saturated heterocycles. The van der Waals surface area contributed by atoms with Crippen LogP contribution in [0, 0.1) is 6.92 Å². The van der Waals surface area contributed by atoms with Crippen LogP contribution in [-0.2, 0) is 17.5 Å². The molecule has 1 aliphatic rings. The topological polar surface area (TPSA) is 79.7 Å². The van der Waals surface area contributed by atoms with Crippen molar-refractivity contribution in [2.75, 3.05) is 43.1 Å². The zero-order valence-electron chi connectivity index (χ0n) is 20.2. The van der Waals surface area contributed by atoms with Crippen LogP contribution in [0.3, 0.4) is 0 Å². The third kappa shape index (κ3) is 6.44. The summed E-state index contributed by atoms with van der Waals surface area (Å²) < 4.78 is 50.3. The summed E-state index contributed by atoms with van der Waals surface area (Å²) in [6.45, 7) is 6.44. The molecule has 7 nitrogen and oxygen atoms in total. The summed E-state index contributed by atoms with van der Waals surface area (Å²) in [4.78, 5) is 11.1. The van der Waals surface area contributed by atoms with Crippen LogP contribution < -0.4 is 15.0 Å². The molecule has 36 heavy (non-hydrogen) atoms. The fraction of sp³-hybridized carbons (Fsp3) is 0.385. The van der Waals surface area contributed by atoms with Crippen molar-refractivity contribution in [2.24, 2.45) is 0 Å². The zero-order valence-corrected chi connectivity index (χ0v) is 20.2. The lowest BCUT2D eigenvalue weighted by atomic mass is 10.0. The van der Waals surface area contributed by atoms with Crippen LogP contribution in [0.2, 0.25) is 0 Å². The van der Waals surface area contributed by atoms with E-state index in [1.54, 1.807) is 25.4 Å². The van der Waals surface area contributed by atoms with Gasteiger partial charge in [-0.05, 0) is 43.7 Å². The molecule has 3 heterocycles. The molecule has 0 aliphatic carbocycles. The van der Waals surface area contributed by atoms with E-state index in [-0.39, 0.29) is 13.2 Å². The maximum absolute atomic E-state index is 13.0. The van der Waals surface area contributed by atoms with Gasteiger partial charge in [-0.2, -0.15) is 13.2 Å². The highest BCUT2D eigenvalue weighted by Gasteiger charge is 2.30. The highest BCUT2D eigenvalue weighted by atomic mass is 19.4. The van der Waals surface area contributed by atoms with Crippen LogP contribution in [0.4, 0.5) is 24.5 Å². The molecule has 2 aromatic heterocycles. The SMILES string of the molecule is Cc1ncc(NCc2cccc(C(F)(F)F)c2)cc1-c1cnc(OCC(C)O)c(N2CCOCC2)c1. The van der Waals surface area contributed by atoms with Gasteiger partial charge in [0.15, 0.2) is 0 Å². The van der Waals surface area contributed by atoms with Gasteiger partial charge in [-0.1, -0.05) is 12.1 Å². The van der Waals surface area contributed by atoms with Gasteiger partial charge in [0.25, 0.3) is 0 Å². The minimum absolute atomic E-state index is 0.124. The molecule has 0 spiro atoms. The van der Waals surface area contributed by atoms with Gasteiger partial charge in [0.05, 0.1) is 36.8 Å². The standard InChI is InChI=1S/C26H29F3N4O3/c1-17(34)16-36-25-24(33-6-8-35-9-7-33)11-20(14-32-25)23-12-22(15-30-18(23)2)31-13-19-4-3-5-21(10-19)26(27,28)29/h3-5,10-12,14-15,17,31,34H,6-9,13,16H2,1-2H3. The van der Waals surface area contributed by atoms with Crippen LogP contribution in [0.1, 0.15) is 23.7 Å². The quantitative estimate of drug-likeness (QED) is 0.463. The van der Waals surface area contributed by atoms with Crippen LogP contribution >= 0.6 is 0 Å². The molecule has 2 N–H and O–H groups in total. The number of nitrogens with one attached hydrogen (secondary N) is 1. The number of hydrogen-bond donors (Lipinski definition) is 2. The Morgan fingerprint density at radius 1 is 1.14 bits per heavy atom. The lowest BCUT2D eigenvalue weighted by molar-refractivity contribution is -0.137. The Morgan fingerprint density at radius 2 is 1.92 bits per heavy atom. The molecular weight excluding hydrogens is 473 g/mol. The molecule has 4 rings (SSSR count). The summed E-state index contributed by atoms with van der Waals surface area (Å²) in [5.74, 6) is 0.436. The Hall–Kier alpha value is -3.37. The number of hydrogen-bond acceptors (Lipinski definition) is 7. The third-order valence-electron chi connectivity index (χ3n) is 5.79. The first-order valence-electron chi connectivity index (χ1n) is 11.7. The minimum Gasteiger partial charge on any atom is -0.473 e. The number of pyridine rings is 2. The predicted octanol–water partition coefficient (Wildman–Crippen LogP) is 4.68. The van der Waals surface area contributed by atoms with Gasteiger partial charge in [0.2, 0.25) is 5.88 Å². The third-order valence-corrected chi connectivity index (χ3v) is 5.79. The molecule has 1 fully saturated rings. The number of benzene rings is 1. The number of rotatable bonds is 8. The second kappa shape index (κ2) is 11.1. The van der Waals surface area contributed by atoms with Crippen LogP contribution in [0.15, 0.2) is 48.8 Å².